The SMILES string of the molecule is Cc1nn2ccc(CN=C(N)N)cc2c1-c1nc(Cc2ccc(Cl)cc2)c(C(N)=NC=[N-])s1. The molecule has 4 aromatic rings. The lowest BCUT2D eigenvalue weighted by Gasteiger charge is -2.05. The number of aliphatic imine (C=N–C) groups is 2. The Hall–Kier alpha value is -3.76. The Morgan fingerprint density at radius 2 is 1.94 bits per heavy atom. The van der Waals surface area contributed by atoms with E-state index in [0.717, 1.165) is 38.6 Å². The largest absolute Gasteiger partial charge is 0.472 e. The molecular weight excluding hydrogens is 458 g/mol. The van der Waals surface area contributed by atoms with E-state index in [0.29, 0.717) is 29.2 Å². The fourth-order valence-corrected chi connectivity index (χ4v) is 4.67. The third-order valence-corrected chi connectivity index (χ3v) is 6.33. The van der Waals surface area contributed by atoms with Gasteiger partial charge in [-0.2, -0.15) is 5.10 Å². The molecule has 0 aliphatic carbocycles. The molecule has 0 spiro atoms. The summed E-state index contributed by atoms with van der Waals surface area (Å²) in [4.78, 5) is 13.5. The quantitative estimate of drug-likeness (QED) is 0.275. The van der Waals surface area contributed by atoms with Crippen LogP contribution in [-0.2, 0) is 13.0 Å². The Morgan fingerprint density at radius 1 is 1.18 bits per heavy atom. The summed E-state index contributed by atoms with van der Waals surface area (Å²) in [6.07, 6.45) is 3.07. The van der Waals surface area contributed by atoms with Crippen molar-refractivity contribution >= 4 is 46.6 Å². The predicted molar refractivity (Wildman–Crippen MR) is 135 cm³/mol. The van der Waals surface area contributed by atoms with Crippen LogP contribution in [0.1, 0.15) is 27.4 Å². The van der Waals surface area contributed by atoms with Gasteiger partial charge in [-0.25, -0.2) is 14.5 Å². The number of fused-ring (bicyclic) bond motifs is 1. The molecule has 0 aliphatic rings. The number of amidine groups is 1. The van der Waals surface area contributed by atoms with Gasteiger partial charge in [0, 0.05) is 23.5 Å². The van der Waals surface area contributed by atoms with Gasteiger partial charge < -0.3 is 27.6 Å². The first kappa shape index (κ1) is 22.4. The van der Waals surface area contributed by atoms with Crippen molar-refractivity contribution in [2.24, 2.45) is 27.2 Å². The van der Waals surface area contributed by atoms with Crippen molar-refractivity contribution in [1.82, 2.24) is 14.6 Å². The Morgan fingerprint density at radius 3 is 2.64 bits per heavy atom. The number of guanidine groups is 1. The molecule has 11 heteroatoms. The molecule has 3 heterocycles. The average Bonchev–Trinajstić information content (AvgIpc) is 3.33. The number of hydrogen-bond donors (Lipinski definition) is 3. The summed E-state index contributed by atoms with van der Waals surface area (Å²) in [5.41, 5.74) is 22.4. The second-order valence-electron chi connectivity index (χ2n) is 7.29. The second-order valence-corrected chi connectivity index (χ2v) is 8.73. The number of nitrogens with two attached hydrogens (primary N) is 3. The van der Waals surface area contributed by atoms with E-state index >= 15 is 0 Å². The highest BCUT2D eigenvalue weighted by Gasteiger charge is 2.20. The summed E-state index contributed by atoms with van der Waals surface area (Å²) >= 11 is 7.41. The summed E-state index contributed by atoms with van der Waals surface area (Å²) in [7, 11) is 0. The molecule has 3 aromatic heterocycles. The summed E-state index contributed by atoms with van der Waals surface area (Å²) in [6, 6.07) is 11.4. The highest BCUT2D eigenvalue weighted by atomic mass is 35.5. The van der Waals surface area contributed by atoms with Crippen molar-refractivity contribution in [2.75, 3.05) is 0 Å². The topological polar surface area (TPSA) is 155 Å². The van der Waals surface area contributed by atoms with Crippen molar-refractivity contribution in [3.63, 3.8) is 0 Å². The first-order valence-electron chi connectivity index (χ1n) is 9.93. The molecule has 1 aromatic carbocycles. The zero-order valence-electron chi connectivity index (χ0n) is 17.7. The molecule has 4 rings (SSSR count). The Balaban J connectivity index is 1.82. The molecule has 0 saturated carbocycles. The molecule has 0 bridgehead atoms. The zero-order chi connectivity index (χ0) is 23.5. The molecule has 0 radical (unpaired) electrons. The van der Waals surface area contributed by atoms with Crippen LogP contribution in [0.5, 0.6) is 0 Å². The van der Waals surface area contributed by atoms with Gasteiger partial charge >= 0.3 is 0 Å². The summed E-state index contributed by atoms with van der Waals surface area (Å²) in [6.45, 7) is 2.29. The lowest BCUT2D eigenvalue weighted by atomic mass is 10.1. The van der Waals surface area contributed by atoms with Gasteiger partial charge in [0.25, 0.3) is 0 Å². The van der Waals surface area contributed by atoms with Gasteiger partial charge in [0.05, 0.1) is 33.9 Å². The van der Waals surface area contributed by atoms with Crippen LogP contribution in [0.25, 0.3) is 21.5 Å². The highest BCUT2D eigenvalue weighted by Crippen LogP contribution is 2.34. The van der Waals surface area contributed by atoms with E-state index < -0.39 is 0 Å². The summed E-state index contributed by atoms with van der Waals surface area (Å²) in [5.74, 6) is 0.222. The lowest BCUT2D eigenvalue weighted by molar-refractivity contribution is 0.924. The van der Waals surface area contributed by atoms with Crippen LogP contribution in [0, 0.1) is 6.92 Å². The maximum absolute atomic E-state index is 9.14. The fourth-order valence-electron chi connectivity index (χ4n) is 3.45. The number of aryl methyl sites for hydroxylation is 1. The number of nitrogens with zero attached hydrogens (tertiary/aromatic N) is 6. The number of halogens is 1. The number of pyridine rings is 1. The number of rotatable bonds is 7. The Kier molecular flexibility index (Phi) is 6.38. The molecule has 0 atom stereocenters. The zero-order valence-corrected chi connectivity index (χ0v) is 19.3. The van der Waals surface area contributed by atoms with Gasteiger partial charge in [0.1, 0.15) is 5.01 Å². The van der Waals surface area contributed by atoms with Crippen LogP contribution in [0.4, 0.5) is 0 Å². The number of benzene rings is 1. The Labute approximate surface area is 199 Å². The van der Waals surface area contributed by atoms with Crippen molar-refractivity contribution in [1.29, 1.82) is 0 Å². The van der Waals surface area contributed by atoms with Gasteiger partial charge in [-0.15, -0.1) is 17.7 Å². The normalized spacial score (nSPS) is 11.6. The first-order valence-corrected chi connectivity index (χ1v) is 11.1. The molecule has 0 unspecified atom stereocenters. The molecule has 0 fully saturated rings. The van der Waals surface area contributed by atoms with E-state index in [1.807, 2.05) is 49.5 Å². The monoisotopic (exact) mass is 478 g/mol. The van der Waals surface area contributed by atoms with Gasteiger partial charge in [-0.1, -0.05) is 23.7 Å². The average molecular weight is 479 g/mol. The van der Waals surface area contributed by atoms with E-state index in [1.165, 1.54) is 11.3 Å². The fraction of sp³-hybridized carbons (Fsp3) is 0.136. The molecule has 168 valence electrons. The molecule has 0 amide bonds. The minimum Gasteiger partial charge on any atom is -0.472 e. The van der Waals surface area contributed by atoms with Crippen LogP contribution in [0.2, 0.25) is 5.02 Å². The van der Waals surface area contributed by atoms with E-state index in [9.17, 15) is 0 Å². The third-order valence-electron chi connectivity index (χ3n) is 4.94. The minimum absolute atomic E-state index is 0.0339. The lowest BCUT2D eigenvalue weighted by Crippen LogP contribution is -2.22. The van der Waals surface area contributed by atoms with Crippen LogP contribution >= 0.6 is 22.9 Å². The van der Waals surface area contributed by atoms with E-state index in [4.69, 9.17) is 39.2 Å². The van der Waals surface area contributed by atoms with Crippen molar-refractivity contribution in [2.45, 2.75) is 19.9 Å². The van der Waals surface area contributed by atoms with Crippen molar-refractivity contribution in [3.8, 4) is 10.6 Å². The summed E-state index contributed by atoms with van der Waals surface area (Å²) < 4.78 is 1.79. The van der Waals surface area contributed by atoms with Gasteiger partial charge in [0.15, 0.2) is 5.96 Å². The molecule has 6 N–H and O–H groups in total. The van der Waals surface area contributed by atoms with Crippen molar-refractivity contribution < 1.29 is 0 Å². The third kappa shape index (κ3) is 4.86. The Bertz CT molecular complexity index is 1380. The number of hydrogen-bond acceptors (Lipinski definition) is 4. The molecule has 33 heavy (non-hydrogen) atoms. The maximum Gasteiger partial charge on any atom is 0.186 e. The van der Waals surface area contributed by atoms with Crippen LogP contribution in [0.15, 0.2) is 52.6 Å². The molecule has 0 aliphatic heterocycles. The van der Waals surface area contributed by atoms with E-state index in [2.05, 4.69) is 15.1 Å². The van der Waals surface area contributed by atoms with Crippen molar-refractivity contribution in [3.05, 3.63) is 80.4 Å². The smallest absolute Gasteiger partial charge is 0.186 e. The maximum atomic E-state index is 9.14. The van der Waals surface area contributed by atoms with E-state index in [-0.39, 0.29) is 11.8 Å². The molecular formula is C22H21ClN9S-. The van der Waals surface area contributed by atoms with Crippen LogP contribution < -0.4 is 17.2 Å². The van der Waals surface area contributed by atoms with Gasteiger partial charge in [0.2, 0.25) is 0 Å². The highest BCUT2D eigenvalue weighted by molar-refractivity contribution is 7.17. The summed E-state index contributed by atoms with van der Waals surface area (Å²) in [5, 5.41) is 15.2. The van der Waals surface area contributed by atoms with Crippen LogP contribution in [0.3, 0.4) is 0 Å². The van der Waals surface area contributed by atoms with Crippen LogP contribution in [-0.4, -0.2) is 32.7 Å². The van der Waals surface area contributed by atoms with Gasteiger partial charge in [-0.05, 0) is 42.3 Å². The second kappa shape index (κ2) is 9.39. The minimum atomic E-state index is 0.0339. The number of aromatic nitrogens is 3. The van der Waals surface area contributed by atoms with E-state index in [1.54, 1.807) is 4.52 Å². The number of thiazole rings is 1. The van der Waals surface area contributed by atoms with Gasteiger partial charge in [-0.3, -0.25) is 0 Å². The first-order chi connectivity index (χ1) is 15.9. The molecule has 9 nitrogen and oxygen atoms in total. The standard InChI is InChI=1S/C22H21ClN9S/c1-12-18(17-9-14(10-28-22(26)27)6-7-32(17)31-12)21-30-16(19(33-21)20(25)29-11-24)8-13-2-4-15(23)5-3-13/h2-7,9,11H,8,10H2,1H3,(H6-,24,25,26,27,28,29)/q-1. The molecule has 0 saturated heterocycles. The predicted octanol–water partition coefficient (Wildman–Crippen LogP) is 3.09.